The Morgan fingerprint density at radius 3 is 1.85 bits per heavy atom. The van der Waals surface area contributed by atoms with Crippen LogP contribution in [0.3, 0.4) is 0 Å². The average molecular weight is 363 g/mol. The van der Waals surface area contributed by atoms with Gasteiger partial charge in [0.05, 0.1) is 0 Å². The Hall–Kier alpha value is -2.13. The summed E-state index contributed by atoms with van der Waals surface area (Å²) in [6.07, 6.45) is 6.42. The number of hydrogen-bond donors (Lipinski definition) is 0. The van der Waals surface area contributed by atoms with Gasteiger partial charge in [-0.3, -0.25) is 9.69 Å². The monoisotopic (exact) mass is 362 g/mol. The van der Waals surface area contributed by atoms with Crippen LogP contribution in [-0.4, -0.2) is 34.3 Å². The third-order valence-electron chi connectivity index (χ3n) is 6.75. The fraction of sp³-hybridized carbons (Fsp3) is 0.458. The summed E-state index contributed by atoms with van der Waals surface area (Å²) in [5.41, 5.74) is 2.89. The summed E-state index contributed by atoms with van der Waals surface area (Å²) in [5.74, 6) is 0.332. The van der Waals surface area contributed by atoms with Crippen LogP contribution in [0.2, 0.25) is 0 Å². The van der Waals surface area contributed by atoms with Crippen LogP contribution in [0.25, 0.3) is 0 Å². The quantitative estimate of drug-likeness (QED) is 0.775. The van der Waals surface area contributed by atoms with Crippen LogP contribution in [0.15, 0.2) is 60.7 Å². The van der Waals surface area contributed by atoms with E-state index in [0.717, 1.165) is 38.8 Å². The first-order valence-electron chi connectivity index (χ1n) is 10.2. The predicted molar refractivity (Wildman–Crippen MR) is 109 cm³/mol. The highest BCUT2D eigenvalue weighted by Gasteiger charge is 2.45. The molecule has 3 heteroatoms. The maximum absolute atomic E-state index is 12.1. The third-order valence-corrected chi connectivity index (χ3v) is 6.75. The van der Waals surface area contributed by atoms with Gasteiger partial charge in [-0.05, 0) is 43.2 Å². The summed E-state index contributed by atoms with van der Waals surface area (Å²) in [4.78, 5) is 16.8. The molecule has 0 aromatic heterocycles. The number of amides is 1. The van der Waals surface area contributed by atoms with Gasteiger partial charge >= 0.3 is 0 Å². The molecular formula is C24H30N2O. The summed E-state index contributed by atoms with van der Waals surface area (Å²) in [5, 5.41) is 0. The van der Waals surface area contributed by atoms with E-state index in [1.807, 2.05) is 7.05 Å². The van der Waals surface area contributed by atoms with E-state index in [1.54, 1.807) is 0 Å². The summed E-state index contributed by atoms with van der Waals surface area (Å²) in [6.45, 7) is 1.98. The fourth-order valence-electron chi connectivity index (χ4n) is 4.98. The van der Waals surface area contributed by atoms with Crippen molar-refractivity contribution >= 4 is 5.91 Å². The highest BCUT2D eigenvalue weighted by molar-refractivity contribution is 5.79. The molecule has 142 valence electrons. The van der Waals surface area contributed by atoms with Gasteiger partial charge in [0.1, 0.15) is 0 Å². The summed E-state index contributed by atoms with van der Waals surface area (Å²) in [7, 11) is 2.02. The number of carbonyl (C=O) groups excluding carboxylic acids is 1. The SMILES string of the molecule is CN1C(=O)CCC12CCC(N(Cc1ccccc1)Cc1ccccc1)CC2. The molecule has 0 radical (unpaired) electrons. The smallest absolute Gasteiger partial charge is 0.222 e. The normalized spacial score (nSPS) is 25.5. The van der Waals surface area contributed by atoms with Gasteiger partial charge in [0.25, 0.3) is 0 Å². The van der Waals surface area contributed by atoms with Crippen molar-refractivity contribution in [3.8, 4) is 0 Å². The number of benzene rings is 2. The lowest BCUT2D eigenvalue weighted by molar-refractivity contribution is -0.130. The topological polar surface area (TPSA) is 23.6 Å². The average Bonchev–Trinajstić information content (AvgIpc) is 2.98. The number of hydrogen-bond acceptors (Lipinski definition) is 2. The molecular weight excluding hydrogens is 332 g/mol. The lowest BCUT2D eigenvalue weighted by Crippen LogP contribution is -2.49. The fourth-order valence-corrected chi connectivity index (χ4v) is 4.98. The molecule has 2 aromatic carbocycles. The first kappa shape index (κ1) is 18.2. The zero-order chi connectivity index (χ0) is 18.7. The maximum atomic E-state index is 12.1. The Kier molecular flexibility index (Phi) is 5.31. The lowest BCUT2D eigenvalue weighted by Gasteiger charge is -2.45. The van der Waals surface area contributed by atoms with Crippen molar-refractivity contribution in [3.63, 3.8) is 0 Å². The van der Waals surface area contributed by atoms with Crippen LogP contribution in [0.4, 0.5) is 0 Å². The summed E-state index contributed by atoms with van der Waals surface area (Å²) >= 11 is 0. The van der Waals surface area contributed by atoms with Gasteiger partial charge in [-0.15, -0.1) is 0 Å². The molecule has 0 bridgehead atoms. The van der Waals surface area contributed by atoms with Crippen molar-refractivity contribution in [2.75, 3.05) is 7.05 Å². The second-order valence-corrected chi connectivity index (χ2v) is 8.28. The molecule has 1 aliphatic carbocycles. The van der Waals surface area contributed by atoms with E-state index < -0.39 is 0 Å². The van der Waals surface area contributed by atoms with E-state index in [4.69, 9.17) is 0 Å². The van der Waals surface area contributed by atoms with Crippen LogP contribution in [0, 0.1) is 0 Å². The molecule has 1 amide bonds. The van der Waals surface area contributed by atoms with E-state index in [2.05, 4.69) is 70.5 Å². The van der Waals surface area contributed by atoms with Gasteiger partial charge in [-0.1, -0.05) is 60.7 Å². The van der Waals surface area contributed by atoms with Gasteiger partial charge in [0, 0.05) is 38.1 Å². The van der Waals surface area contributed by atoms with E-state index in [9.17, 15) is 4.79 Å². The molecule has 0 N–H and O–H groups in total. The minimum absolute atomic E-state index is 0.138. The summed E-state index contributed by atoms with van der Waals surface area (Å²) < 4.78 is 0. The first-order valence-corrected chi connectivity index (χ1v) is 10.2. The molecule has 27 heavy (non-hydrogen) atoms. The minimum Gasteiger partial charge on any atom is -0.340 e. The molecule has 2 fully saturated rings. The van der Waals surface area contributed by atoms with Gasteiger partial charge in [-0.25, -0.2) is 0 Å². The van der Waals surface area contributed by atoms with Crippen LogP contribution in [0.5, 0.6) is 0 Å². The Labute approximate surface area is 163 Å². The summed E-state index contributed by atoms with van der Waals surface area (Å²) in [6, 6.07) is 22.2. The van der Waals surface area contributed by atoms with Crippen LogP contribution >= 0.6 is 0 Å². The highest BCUT2D eigenvalue weighted by atomic mass is 16.2. The van der Waals surface area contributed by atoms with Crippen LogP contribution < -0.4 is 0 Å². The Balaban J connectivity index is 1.48. The van der Waals surface area contributed by atoms with E-state index in [-0.39, 0.29) is 5.54 Å². The van der Waals surface area contributed by atoms with Crippen molar-refractivity contribution in [2.45, 2.75) is 63.2 Å². The Morgan fingerprint density at radius 2 is 1.41 bits per heavy atom. The van der Waals surface area contributed by atoms with Gasteiger partial charge in [0.15, 0.2) is 0 Å². The second kappa shape index (κ2) is 7.85. The van der Waals surface area contributed by atoms with Crippen molar-refractivity contribution < 1.29 is 4.79 Å². The van der Waals surface area contributed by atoms with Crippen LogP contribution in [-0.2, 0) is 17.9 Å². The molecule has 0 unspecified atom stereocenters. The molecule has 1 heterocycles. The molecule has 3 nitrogen and oxygen atoms in total. The molecule has 2 aromatic rings. The maximum Gasteiger partial charge on any atom is 0.222 e. The molecule has 1 saturated heterocycles. The van der Waals surface area contributed by atoms with E-state index >= 15 is 0 Å². The van der Waals surface area contributed by atoms with Crippen molar-refractivity contribution in [1.29, 1.82) is 0 Å². The number of likely N-dealkylation sites (tertiary alicyclic amines) is 1. The standard InChI is InChI=1S/C24H30N2O/c1-25-23(27)14-17-24(25)15-12-22(13-16-24)26(18-20-8-4-2-5-9-20)19-21-10-6-3-7-11-21/h2-11,22H,12-19H2,1H3. The van der Waals surface area contributed by atoms with Gasteiger partial charge < -0.3 is 4.90 Å². The zero-order valence-corrected chi connectivity index (χ0v) is 16.3. The van der Waals surface area contributed by atoms with E-state index in [0.29, 0.717) is 11.9 Å². The number of rotatable bonds is 5. The van der Waals surface area contributed by atoms with Crippen LogP contribution in [0.1, 0.15) is 49.7 Å². The largest absolute Gasteiger partial charge is 0.340 e. The molecule has 1 spiro atoms. The second-order valence-electron chi connectivity index (χ2n) is 8.28. The minimum atomic E-state index is 0.138. The molecule has 1 aliphatic heterocycles. The van der Waals surface area contributed by atoms with E-state index in [1.165, 1.54) is 24.0 Å². The van der Waals surface area contributed by atoms with Gasteiger partial charge in [0.2, 0.25) is 5.91 Å². The lowest BCUT2D eigenvalue weighted by atomic mass is 9.77. The zero-order valence-electron chi connectivity index (χ0n) is 16.3. The highest BCUT2D eigenvalue weighted by Crippen LogP contribution is 2.42. The third kappa shape index (κ3) is 3.93. The van der Waals surface area contributed by atoms with Crippen molar-refractivity contribution in [1.82, 2.24) is 9.80 Å². The number of carbonyl (C=O) groups is 1. The van der Waals surface area contributed by atoms with Crippen molar-refractivity contribution in [3.05, 3.63) is 71.8 Å². The molecule has 4 rings (SSSR count). The Morgan fingerprint density at radius 1 is 0.889 bits per heavy atom. The first-order chi connectivity index (χ1) is 13.2. The predicted octanol–water partition coefficient (Wildman–Crippen LogP) is 4.62. The molecule has 1 saturated carbocycles. The van der Waals surface area contributed by atoms with Gasteiger partial charge in [-0.2, -0.15) is 0 Å². The Bertz CT molecular complexity index is 709. The number of nitrogens with zero attached hydrogens (tertiary/aromatic N) is 2. The van der Waals surface area contributed by atoms with Crippen molar-refractivity contribution in [2.24, 2.45) is 0 Å². The molecule has 2 aliphatic rings. The molecule has 0 atom stereocenters.